The van der Waals surface area contributed by atoms with Gasteiger partial charge >= 0.3 is 6.18 Å². The Morgan fingerprint density at radius 3 is 2.30 bits per heavy atom. The van der Waals surface area contributed by atoms with Crippen LogP contribution < -0.4 is 0 Å². The lowest BCUT2D eigenvalue weighted by atomic mass is 9.44. The van der Waals surface area contributed by atoms with Gasteiger partial charge in [0.25, 0.3) is 0 Å². The van der Waals surface area contributed by atoms with Gasteiger partial charge in [-0.1, -0.05) is 13.8 Å². The first kappa shape index (κ1) is 20.0. The van der Waals surface area contributed by atoms with Crippen LogP contribution in [0.25, 0.3) is 0 Å². The number of halogens is 3. The molecule has 8 unspecified atom stereocenters. The molecule has 4 rings (SSSR count). The van der Waals surface area contributed by atoms with Crippen LogP contribution in [0, 0.1) is 40.4 Å². The molecular formula is C22H35F3O2. The largest absolute Gasteiger partial charge is 0.414 e. The Morgan fingerprint density at radius 2 is 1.59 bits per heavy atom. The highest BCUT2D eigenvalue weighted by Crippen LogP contribution is 2.68. The molecule has 0 amide bonds. The molecule has 27 heavy (non-hydrogen) atoms. The number of fused-ring (bicyclic) bond motifs is 5. The third-order valence-electron chi connectivity index (χ3n) is 9.72. The van der Waals surface area contributed by atoms with Crippen LogP contribution in [0.2, 0.25) is 0 Å². The second-order valence-electron chi connectivity index (χ2n) is 10.7. The molecule has 0 spiro atoms. The van der Waals surface area contributed by atoms with E-state index >= 15 is 0 Å². The zero-order valence-electron chi connectivity index (χ0n) is 16.6. The van der Waals surface area contributed by atoms with Crippen LogP contribution in [0.3, 0.4) is 0 Å². The van der Waals surface area contributed by atoms with E-state index in [2.05, 4.69) is 13.8 Å². The first-order chi connectivity index (χ1) is 12.6. The van der Waals surface area contributed by atoms with Gasteiger partial charge in [0.15, 0.2) is 0 Å². The Morgan fingerprint density at radius 1 is 0.926 bits per heavy atom. The van der Waals surface area contributed by atoms with Gasteiger partial charge in [-0.25, -0.2) is 0 Å². The highest BCUT2D eigenvalue weighted by Gasteiger charge is 2.60. The number of hydrogen-bond acceptors (Lipinski definition) is 2. The lowest BCUT2D eigenvalue weighted by molar-refractivity contribution is -0.212. The van der Waals surface area contributed by atoms with E-state index in [1.165, 1.54) is 6.42 Å². The van der Waals surface area contributed by atoms with E-state index < -0.39 is 12.3 Å². The third-order valence-corrected chi connectivity index (χ3v) is 9.72. The number of aliphatic hydroxyl groups excluding tert-OH is 2. The predicted octanol–water partition coefficient (Wildman–Crippen LogP) is 5.32. The maximum Gasteiger partial charge on any atom is 0.414 e. The van der Waals surface area contributed by atoms with Crippen molar-refractivity contribution in [2.24, 2.45) is 40.4 Å². The molecule has 4 fully saturated rings. The molecule has 156 valence electrons. The Hall–Kier alpha value is -0.290. The van der Waals surface area contributed by atoms with Crippen LogP contribution in [0.1, 0.15) is 78.1 Å². The zero-order valence-corrected chi connectivity index (χ0v) is 16.6. The van der Waals surface area contributed by atoms with Crippen LogP contribution in [0.15, 0.2) is 0 Å². The summed E-state index contributed by atoms with van der Waals surface area (Å²) in [5.74, 6) is 2.38. The topological polar surface area (TPSA) is 40.5 Å². The molecule has 0 aromatic carbocycles. The van der Waals surface area contributed by atoms with Gasteiger partial charge in [-0.05, 0) is 105 Å². The van der Waals surface area contributed by atoms with Gasteiger partial charge in [-0.3, -0.25) is 0 Å². The summed E-state index contributed by atoms with van der Waals surface area (Å²) < 4.78 is 38.8. The first-order valence-corrected chi connectivity index (χ1v) is 11.0. The summed E-state index contributed by atoms with van der Waals surface area (Å²) in [6.07, 6.45) is 2.28. The summed E-state index contributed by atoms with van der Waals surface area (Å²) in [7, 11) is 0. The Balaban J connectivity index is 1.52. The summed E-state index contributed by atoms with van der Waals surface area (Å²) in [5, 5.41) is 19.8. The molecule has 4 aliphatic carbocycles. The van der Waals surface area contributed by atoms with Gasteiger partial charge in [0.1, 0.15) is 6.10 Å². The average Bonchev–Trinajstić information content (AvgIpc) is 2.91. The molecule has 9 atom stereocenters. The fourth-order valence-corrected chi connectivity index (χ4v) is 8.13. The number of aliphatic hydroxyl groups is 2. The maximum absolute atomic E-state index is 12.9. The van der Waals surface area contributed by atoms with Crippen molar-refractivity contribution in [1.82, 2.24) is 0 Å². The van der Waals surface area contributed by atoms with Gasteiger partial charge in [0, 0.05) is 0 Å². The van der Waals surface area contributed by atoms with Crippen LogP contribution in [-0.4, -0.2) is 28.6 Å². The van der Waals surface area contributed by atoms with Crippen molar-refractivity contribution in [2.75, 3.05) is 0 Å². The third kappa shape index (κ3) is 3.15. The van der Waals surface area contributed by atoms with Gasteiger partial charge in [-0.2, -0.15) is 13.2 Å². The Bertz CT molecular complexity index is 564. The maximum atomic E-state index is 12.9. The van der Waals surface area contributed by atoms with Crippen molar-refractivity contribution >= 4 is 0 Å². The molecule has 0 heterocycles. The SMILES string of the molecule is CC12CCC(O)CC1CCC1C2CCC2(C)C1CC[C@@H]2CC(O)C(F)(F)F. The van der Waals surface area contributed by atoms with Crippen LogP contribution >= 0.6 is 0 Å². The number of hydrogen-bond donors (Lipinski definition) is 2. The highest BCUT2D eigenvalue weighted by molar-refractivity contribution is 5.09. The molecule has 0 radical (unpaired) electrons. The smallest absolute Gasteiger partial charge is 0.393 e. The fourth-order valence-electron chi connectivity index (χ4n) is 8.13. The van der Waals surface area contributed by atoms with E-state index in [-0.39, 0.29) is 23.9 Å². The highest BCUT2D eigenvalue weighted by atomic mass is 19.4. The quantitative estimate of drug-likeness (QED) is 0.672. The van der Waals surface area contributed by atoms with Crippen LogP contribution in [-0.2, 0) is 0 Å². The molecule has 2 nitrogen and oxygen atoms in total. The molecule has 4 aliphatic rings. The minimum Gasteiger partial charge on any atom is -0.393 e. The number of rotatable bonds is 2. The van der Waals surface area contributed by atoms with Gasteiger partial charge < -0.3 is 10.2 Å². The van der Waals surface area contributed by atoms with Crippen molar-refractivity contribution in [3.63, 3.8) is 0 Å². The molecule has 0 aliphatic heterocycles. The van der Waals surface area contributed by atoms with E-state index in [0.29, 0.717) is 29.1 Å². The summed E-state index contributed by atoms with van der Waals surface area (Å²) in [5.41, 5.74) is 0.248. The summed E-state index contributed by atoms with van der Waals surface area (Å²) >= 11 is 0. The Kier molecular flexibility index (Phi) is 4.90. The second kappa shape index (κ2) is 6.62. The average molecular weight is 389 g/mol. The summed E-state index contributed by atoms with van der Waals surface area (Å²) in [6, 6.07) is 0. The predicted molar refractivity (Wildman–Crippen MR) is 97.9 cm³/mol. The van der Waals surface area contributed by atoms with E-state index in [1.54, 1.807) is 0 Å². The lowest BCUT2D eigenvalue weighted by Crippen LogP contribution is -2.54. The van der Waals surface area contributed by atoms with E-state index in [9.17, 15) is 23.4 Å². The van der Waals surface area contributed by atoms with Crippen LogP contribution in [0.4, 0.5) is 13.2 Å². The first-order valence-electron chi connectivity index (χ1n) is 11.0. The van der Waals surface area contributed by atoms with Crippen molar-refractivity contribution in [2.45, 2.75) is 96.4 Å². The van der Waals surface area contributed by atoms with Crippen LogP contribution in [0.5, 0.6) is 0 Å². The molecule has 0 bridgehead atoms. The normalized spacial score (nSPS) is 51.2. The van der Waals surface area contributed by atoms with Gasteiger partial charge in [0.05, 0.1) is 6.10 Å². The van der Waals surface area contributed by atoms with Crippen molar-refractivity contribution < 1.29 is 23.4 Å². The molecule has 0 aromatic heterocycles. The lowest BCUT2D eigenvalue weighted by Gasteiger charge is -2.61. The second-order valence-corrected chi connectivity index (χ2v) is 10.7. The molecule has 5 heteroatoms. The number of alkyl halides is 3. The minimum atomic E-state index is -4.50. The minimum absolute atomic E-state index is 0.0150. The molecule has 4 saturated carbocycles. The zero-order chi connectivity index (χ0) is 19.6. The monoisotopic (exact) mass is 388 g/mol. The standard InChI is InChI=1S/C22H35F3O2/c1-20-9-7-15(26)11-13(20)3-5-16-17-6-4-14(12-19(27)22(23,24)25)21(17,2)10-8-18(16)20/h13-19,26-27H,3-12H2,1-2H3/t13?,14-,15?,16?,17?,18?,19?,20?,21?/m1/s1. The van der Waals surface area contributed by atoms with E-state index in [4.69, 9.17) is 0 Å². The van der Waals surface area contributed by atoms with E-state index in [1.807, 2.05) is 0 Å². The molecule has 0 aromatic rings. The van der Waals surface area contributed by atoms with Crippen molar-refractivity contribution in [1.29, 1.82) is 0 Å². The van der Waals surface area contributed by atoms with Crippen molar-refractivity contribution in [3.8, 4) is 0 Å². The fraction of sp³-hybridized carbons (Fsp3) is 1.00. The van der Waals surface area contributed by atoms with Crippen molar-refractivity contribution in [3.05, 3.63) is 0 Å². The summed E-state index contributed by atoms with van der Waals surface area (Å²) in [4.78, 5) is 0. The Labute approximate surface area is 160 Å². The summed E-state index contributed by atoms with van der Waals surface area (Å²) in [6.45, 7) is 4.65. The van der Waals surface area contributed by atoms with Gasteiger partial charge in [-0.15, -0.1) is 0 Å². The van der Waals surface area contributed by atoms with E-state index in [0.717, 1.165) is 51.4 Å². The molecule has 2 N–H and O–H groups in total. The molecule has 0 saturated heterocycles. The molecular weight excluding hydrogens is 353 g/mol. The van der Waals surface area contributed by atoms with Gasteiger partial charge in [0.2, 0.25) is 0 Å².